The third-order valence-electron chi connectivity index (χ3n) is 5.21. The van der Waals surface area contributed by atoms with E-state index in [2.05, 4.69) is 30.1 Å². The standard InChI is InChI=1S/C23H14FN7/c24-19-18-17(12-27-20(19)14-3-2-8-26-11-14)30-31-22(18)23-28-16-5-1-4-15(21(16)29-23)13-6-9-25-10-7-13/h1-12H,(H,28,29)(H,30,31). The Morgan fingerprint density at radius 1 is 0.774 bits per heavy atom. The number of H-pyrrole nitrogens is 2. The summed E-state index contributed by atoms with van der Waals surface area (Å²) in [5.74, 6) is 0.00839. The second kappa shape index (κ2) is 6.81. The van der Waals surface area contributed by atoms with Gasteiger partial charge in [-0.2, -0.15) is 5.10 Å². The van der Waals surface area contributed by atoms with Crippen molar-refractivity contribution in [1.29, 1.82) is 0 Å². The minimum Gasteiger partial charge on any atom is -0.337 e. The second-order valence-electron chi connectivity index (χ2n) is 7.05. The van der Waals surface area contributed by atoms with Crippen LogP contribution in [0.2, 0.25) is 0 Å². The van der Waals surface area contributed by atoms with Gasteiger partial charge < -0.3 is 4.98 Å². The molecule has 31 heavy (non-hydrogen) atoms. The number of fused-ring (bicyclic) bond motifs is 2. The quantitative estimate of drug-likeness (QED) is 0.441. The van der Waals surface area contributed by atoms with E-state index in [0.717, 1.165) is 22.2 Å². The minimum absolute atomic E-state index is 0.219. The normalized spacial score (nSPS) is 11.4. The van der Waals surface area contributed by atoms with E-state index in [1.165, 1.54) is 0 Å². The highest BCUT2D eigenvalue weighted by Crippen LogP contribution is 2.34. The predicted octanol–water partition coefficient (Wildman–Crippen LogP) is 4.76. The van der Waals surface area contributed by atoms with Crippen molar-refractivity contribution < 1.29 is 4.39 Å². The van der Waals surface area contributed by atoms with Gasteiger partial charge in [0.05, 0.1) is 28.1 Å². The number of halogens is 1. The van der Waals surface area contributed by atoms with E-state index in [1.807, 2.05) is 30.3 Å². The molecule has 8 heteroatoms. The lowest BCUT2D eigenvalue weighted by molar-refractivity contribution is 0.638. The summed E-state index contributed by atoms with van der Waals surface area (Å²) in [4.78, 5) is 20.4. The molecule has 0 saturated heterocycles. The number of rotatable bonds is 3. The first-order valence-electron chi connectivity index (χ1n) is 9.62. The summed E-state index contributed by atoms with van der Waals surface area (Å²) in [6, 6.07) is 13.3. The monoisotopic (exact) mass is 407 g/mol. The summed E-state index contributed by atoms with van der Waals surface area (Å²) >= 11 is 0. The number of nitrogens with zero attached hydrogens (tertiary/aromatic N) is 5. The van der Waals surface area contributed by atoms with Crippen LogP contribution in [0, 0.1) is 5.82 Å². The lowest BCUT2D eigenvalue weighted by Gasteiger charge is -2.03. The Hall–Kier alpha value is -4.46. The maximum atomic E-state index is 15.5. The fraction of sp³-hybridized carbons (Fsp3) is 0. The molecule has 1 aromatic carbocycles. The summed E-state index contributed by atoms with van der Waals surface area (Å²) in [5, 5.41) is 7.53. The number of aromatic amines is 2. The van der Waals surface area contributed by atoms with Crippen molar-refractivity contribution in [3.05, 3.63) is 79.3 Å². The molecule has 0 amide bonds. The molecule has 0 aliphatic heterocycles. The summed E-state index contributed by atoms with van der Waals surface area (Å²) < 4.78 is 15.5. The molecule has 0 bridgehead atoms. The number of benzene rings is 1. The molecule has 148 valence electrons. The summed E-state index contributed by atoms with van der Waals surface area (Å²) in [6.45, 7) is 0. The van der Waals surface area contributed by atoms with Crippen LogP contribution >= 0.6 is 0 Å². The Balaban J connectivity index is 1.56. The molecule has 5 aromatic heterocycles. The molecule has 7 nitrogen and oxygen atoms in total. The van der Waals surface area contributed by atoms with Gasteiger partial charge in [-0.1, -0.05) is 12.1 Å². The van der Waals surface area contributed by atoms with Gasteiger partial charge >= 0.3 is 0 Å². The molecule has 0 spiro atoms. The van der Waals surface area contributed by atoms with Gasteiger partial charge in [0, 0.05) is 35.9 Å². The van der Waals surface area contributed by atoms with Gasteiger partial charge in [-0.15, -0.1) is 0 Å². The Bertz CT molecular complexity index is 1540. The molecule has 5 heterocycles. The first-order chi connectivity index (χ1) is 15.3. The Labute approximate surface area is 175 Å². The van der Waals surface area contributed by atoms with Crippen LogP contribution in [0.4, 0.5) is 4.39 Å². The second-order valence-corrected chi connectivity index (χ2v) is 7.05. The largest absolute Gasteiger partial charge is 0.337 e. The van der Waals surface area contributed by atoms with Gasteiger partial charge in [-0.25, -0.2) is 9.37 Å². The lowest BCUT2D eigenvalue weighted by atomic mass is 10.1. The first kappa shape index (κ1) is 17.4. The van der Waals surface area contributed by atoms with Gasteiger partial charge in [0.2, 0.25) is 0 Å². The van der Waals surface area contributed by atoms with Gasteiger partial charge in [0.15, 0.2) is 11.6 Å². The van der Waals surface area contributed by atoms with Crippen molar-refractivity contribution >= 4 is 21.9 Å². The summed E-state index contributed by atoms with van der Waals surface area (Å²) in [7, 11) is 0. The zero-order chi connectivity index (χ0) is 20.8. The smallest absolute Gasteiger partial charge is 0.161 e. The summed E-state index contributed by atoms with van der Waals surface area (Å²) in [6.07, 6.45) is 8.27. The van der Waals surface area contributed by atoms with Crippen LogP contribution in [0.1, 0.15) is 0 Å². The third-order valence-corrected chi connectivity index (χ3v) is 5.21. The van der Waals surface area contributed by atoms with Crippen LogP contribution in [0.25, 0.3) is 55.8 Å². The van der Waals surface area contributed by atoms with Crippen molar-refractivity contribution in [3.8, 4) is 33.9 Å². The number of nitrogens with one attached hydrogen (secondary N) is 2. The van der Waals surface area contributed by atoms with Gasteiger partial charge in [-0.3, -0.25) is 20.1 Å². The molecule has 0 fully saturated rings. The van der Waals surface area contributed by atoms with Crippen LogP contribution in [0.3, 0.4) is 0 Å². The van der Waals surface area contributed by atoms with Crippen molar-refractivity contribution in [2.75, 3.05) is 0 Å². The summed E-state index contributed by atoms with van der Waals surface area (Å²) in [5.41, 5.74) is 5.28. The van der Waals surface area contributed by atoms with Crippen LogP contribution in [0.5, 0.6) is 0 Å². The maximum absolute atomic E-state index is 15.5. The molecule has 6 rings (SSSR count). The fourth-order valence-corrected chi connectivity index (χ4v) is 3.76. The molecule has 6 aromatic rings. The van der Waals surface area contributed by atoms with Crippen molar-refractivity contribution in [2.24, 2.45) is 0 Å². The average Bonchev–Trinajstić information content (AvgIpc) is 3.45. The van der Waals surface area contributed by atoms with Crippen molar-refractivity contribution in [1.82, 2.24) is 35.1 Å². The topological polar surface area (TPSA) is 96.0 Å². The lowest BCUT2D eigenvalue weighted by Crippen LogP contribution is -1.92. The highest BCUT2D eigenvalue weighted by atomic mass is 19.1. The SMILES string of the molecule is Fc1c(-c2cccnc2)ncc2[nH]nc(-c3nc4c(-c5ccncc5)cccc4[nH]3)c12. The Kier molecular flexibility index (Phi) is 3.82. The molecular formula is C23H14FN7. The molecule has 0 saturated carbocycles. The highest BCUT2D eigenvalue weighted by Gasteiger charge is 2.21. The van der Waals surface area contributed by atoms with Gasteiger partial charge in [0.25, 0.3) is 0 Å². The van der Waals surface area contributed by atoms with Gasteiger partial charge in [0.1, 0.15) is 11.4 Å². The van der Waals surface area contributed by atoms with Crippen molar-refractivity contribution in [2.45, 2.75) is 0 Å². The Morgan fingerprint density at radius 2 is 1.68 bits per heavy atom. The van der Waals surface area contributed by atoms with E-state index in [4.69, 9.17) is 4.98 Å². The molecule has 2 N–H and O–H groups in total. The van der Waals surface area contributed by atoms with E-state index < -0.39 is 5.82 Å². The number of hydrogen-bond donors (Lipinski definition) is 2. The molecule has 0 unspecified atom stereocenters. The van der Waals surface area contributed by atoms with E-state index in [9.17, 15) is 0 Å². The highest BCUT2D eigenvalue weighted by molar-refractivity contribution is 5.98. The maximum Gasteiger partial charge on any atom is 0.161 e. The van der Waals surface area contributed by atoms with E-state index in [1.54, 1.807) is 43.1 Å². The van der Waals surface area contributed by atoms with Crippen LogP contribution in [0.15, 0.2) is 73.4 Å². The zero-order valence-corrected chi connectivity index (χ0v) is 16.0. The van der Waals surface area contributed by atoms with E-state index >= 15 is 4.39 Å². The first-order valence-corrected chi connectivity index (χ1v) is 9.62. The number of para-hydroxylation sites is 1. The molecule has 0 radical (unpaired) electrons. The van der Waals surface area contributed by atoms with Crippen LogP contribution < -0.4 is 0 Å². The fourth-order valence-electron chi connectivity index (χ4n) is 3.76. The third kappa shape index (κ3) is 2.77. The average molecular weight is 407 g/mol. The van der Waals surface area contributed by atoms with Crippen molar-refractivity contribution in [3.63, 3.8) is 0 Å². The Morgan fingerprint density at radius 3 is 2.52 bits per heavy atom. The molecule has 0 aliphatic rings. The molecule has 0 atom stereocenters. The van der Waals surface area contributed by atoms with E-state index in [-0.39, 0.29) is 5.69 Å². The van der Waals surface area contributed by atoms with Gasteiger partial charge in [-0.05, 0) is 35.9 Å². The predicted molar refractivity (Wildman–Crippen MR) is 115 cm³/mol. The minimum atomic E-state index is -0.468. The number of aromatic nitrogens is 7. The van der Waals surface area contributed by atoms with E-state index in [0.29, 0.717) is 28.0 Å². The zero-order valence-electron chi connectivity index (χ0n) is 16.0. The van der Waals surface area contributed by atoms with Crippen LogP contribution in [-0.4, -0.2) is 35.1 Å². The number of hydrogen-bond acceptors (Lipinski definition) is 5. The van der Waals surface area contributed by atoms with Crippen LogP contribution in [-0.2, 0) is 0 Å². The molecule has 0 aliphatic carbocycles. The number of pyridine rings is 3. The number of imidazole rings is 1. The molecular weight excluding hydrogens is 393 g/mol.